The molecule has 2 aromatic rings. The van der Waals surface area contributed by atoms with Crippen molar-refractivity contribution < 1.29 is 9.90 Å². The summed E-state index contributed by atoms with van der Waals surface area (Å²) in [5, 5.41) is 22.5. The molecule has 1 unspecified atom stereocenters. The van der Waals surface area contributed by atoms with Crippen molar-refractivity contribution in [1.82, 2.24) is 10.2 Å². The van der Waals surface area contributed by atoms with Crippen LogP contribution in [0.25, 0.3) is 0 Å². The van der Waals surface area contributed by atoms with E-state index in [2.05, 4.69) is 70.9 Å². The molecule has 2 saturated carbocycles. The molecule has 0 radical (unpaired) electrons. The molecule has 34 heavy (non-hydrogen) atoms. The maximum absolute atomic E-state index is 11.7. The second-order valence-corrected chi connectivity index (χ2v) is 10.9. The lowest BCUT2D eigenvalue weighted by Gasteiger charge is -2.43. The molecule has 0 bridgehead atoms. The summed E-state index contributed by atoms with van der Waals surface area (Å²) in [5.41, 5.74) is 3.53. The molecular weight excluding hydrogens is 422 g/mol. The number of aliphatic carboxylic acids is 1. The quantitative estimate of drug-likeness (QED) is 0.553. The molecule has 0 aromatic heterocycles. The van der Waals surface area contributed by atoms with Gasteiger partial charge in [-0.05, 0) is 73.7 Å². The van der Waals surface area contributed by atoms with E-state index < -0.39 is 11.4 Å². The first kappa shape index (κ1) is 23.1. The Morgan fingerprint density at radius 2 is 1.71 bits per heavy atom. The molecule has 5 nitrogen and oxygen atoms in total. The average Bonchev–Trinajstić information content (AvgIpc) is 3.78. The summed E-state index contributed by atoms with van der Waals surface area (Å²) in [6, 6.07) is 22.1. The van der Waals surface area contributed by atoms with Gasteiger partial charge in [0.05, 0.1) is 17.9 Å². The topological polar surface area (TPSA) is 76.4 Å². The summed E-state index contributed by atoms with van der Waals surface area (Å²) in [6.45, 7) is 3.64. The van der Waals surface area contributed by atoms with Crippen LogP contribution in [0, 0.1) is 22.2 Å². The van der Waals surface area contributed by atoms with Gasteiger partial charge in [0, 0.05) is 25.0 Å². The summed E-state index contributed by atoms with van der Waals surface area (Å²) in [5.74, 6) is -0.00181. The van der Waals surface area contributed by atoms with Gasteiger partial charge >= 0.3 is 5.97 Å². The Hall–Kier alpha value is -2.68. The van der Waals surface area contributed by atoms with Gasteiger partial charge in [-0.25, -0.2) is 0 Å². The molecule has 178 valence electrons. The molecule has 5 heteroatoms. The number of likely N-dealkylation sites (tertiary alicyclic amines) is 1. The van der Waals surface area contributed by atoms with Crippen molar-refractivity contribution >= 4 is 5.97 Å². The monoisotopic (exact) mass is 457 g/mol. The van der Waals surface area contributed by atoms with Crippen molar-refractivity contribution in [2.45, 2.75) is 56.9 Å². The fourth-order valence-corrected chi connectivity index (χ4v) is 5.76. The zero-order valence-electron chi connectivity index (χ0n) is 19.9. The minimum absolute atomic E-state index is 0.178. The van der Waals surface area contributed by atoms with Gasteiger partial charge in [-0.15, -0.1) is 0 Å². The molecule has 3 aliphatic rings. The second kappa shape index (κ2) is 9.52. The number of rotatable bonds is 10. The summed E-state index contributed by atoms with van der Waals surface area (Å²) in [7, 11) is 0. The van der Waals surface area contributed by atoms with Crippen molar-refractivity contribution in [3.05, 3.63) is 71.3 Å². The van der Waals surface area contributed by atoms with E-state index in [0.29, 0.717) is 24.9 Å². The standard InChI is InChI=1S/C29H35N3O2/c30-15-10-22-6-8-23(9-7-22)19-28(20-31-26-18-25(26)24-4-2-1-3-5-24)13-16-32(17-14-28)21-29(11-12-29)27(33)34/h1-9,25-26,31H,10-14,16-21H2,(H,33,34)/t25?,26-/m1/s1. The van der Waals surface area contributed by atoms with Crippen LogP contribution in [0.2, 0.25) is 0 Å². The third-order valence-electron chi connectivity index (χ3n) is 8.39. The van der Waals surface area contributed by atoms with Crippen molar-refractivity contribution in [1.29, 1.82) is 5.26 Å². The van der Waals surface area contributed by atoms with Gasteiger partial charge in [-0.2, -0.15) is 5.26 Å². The van der Waals surface area contributed by atoms with Crippen LogP contribution in [0.15, 0.2) is 54.6 Å². The van der Waals surface area contributed by atoms with Crippen molar-refractivity contribution in [2.75, 3.05) is 26.2 Å². The minimum Gasteiger partial charge on any atom is -0.481 e. The van der Waals surface area contributed by atoms with Crippen LogP contribution < -0.4 is 5.32 Å². The van der Waals surface area contributed by atoms with E-state index in [1.807, 2.05) is 0 Å². The number of carboxylic acids is 1. The van der Waals surface area contributed by atoms with Crippen LogP contribution in [-0.2, 0) is 17.6 Å². The molecule has 0 amide bonds. The fourth-order valence-electron chi connectivity index (χ4n) is 5.76. The van der Waals surface area contributed by atoms with E-state index in [0.717, 1.165) is 57.3 Å². The third kappa shape index (κ3) is 5.19. The number of nitrogens with one attached hydrogen (secondary N) is 1. The zero-order valence-corrected chi connectivity index (χ0v) is 19.9. The van der Waals surface area contributed by atoms with E-state index in [1.165, 1.54) is 17.5 Å². The minimum atomic E-state index is -0.621. The molecule has 3 fully saturated rings. The molecule has 0 spiro atoms. The molecule has 2 aliphatic carbocycles. The van der Waals surface area contributed by atoms with Crippen LogP contribution in [0.1, 0.15) is 54.7 Å². The normalized spacial score (nSPS) is 24.8. The largest absolute Gasteiger partial charge is 0.481 e. The molecule has 1 saturated heterocycles. The van der Waals surface area contributed by atoms with Crippen LogP contribution in [-0.4, -0.2) is 48.2 Å². The Labute approximate surface area is 202 Å². The summed E-state index contributed by atoms with van der Waals surface area (Å²) >= 11 is 0. The Morgan fingerprint density at radius 3 is 2.32 bits per heavy atom. The summed E-state index contributed by atoms with van der Waals surface area (Å²) in [4.78, 5) is 14.1. The van der Waals surface area contributed by atoms with E-state index >= 15 is 0 Å². The smallest absolute Gasteiger partial charge is 0.310 e. The number of nitrogens with zero attached hydrogens (tertiary/aromatic N) is 2. The maximum Gasteiger partial charge on any atom is 0.310 e. The molecule has 2 N–H and O–H groups in total. The number of carbonyl (C=O) groups is 1. The lowest BCUT2D eigenvalue weighted by molar-refractivity contribution is -0.144. The highest BCUT2D eigenvalue weighted by molar-refractivity contribution is 5.78. The van der Waals surface area contributed by atoms with Gasteiger partial charge in [0.15, 0.2) is 0 Å². The number of hydrogen-bond donors (Lipinski definition) is 2. The number of hydrogen-bond acceptors (Lipinski definition) is 4. The molecule has 1 heterocycles. The zero-order chi connectivity index (χ0) is 23.6. The predicted octanol–water partition coefficient (Wildman–Crippen LogP) is 4.39. The molecule has 2 aromatic carbocycles. The number of nitriles is 1. The second-order valence-electron chi connectivity index (χ2n) is 10.9. The first-order chi connectivity index (χ1) is 16.5. The maximum atomic E-state index is 11.7. The van der Waals surface area contributed by atoms with Gasteiger partial charge < -0.3 is 15.3 Å². The van der Waals surface area contributed by atoms with Gasteiger partial charge in [0.1, 0.15) is 0 Å². The summed E-state index contributed by atoms with van der Waals surface area (Å²) in [6.07, 6.45) is 6.49. The Bertz CT molecular complexity index is 1030. The SMILES string of the molecule is N#CCc1ccc(CC2(CN[C@@H]3CC3c3ccccc3)CCN(CC3(C(=O)O)CC3)CC2)cc1. The van der Waals surface area contributed by atoms with Gasteiger partial charge in [0.2, 0.25) is 0 Å². The van der Waals surface area contributed by atoms with E-state index in [-0.39, 0.29) is 5.41 Å². The summed E-state index contributed by atoms with van der Waals surface area (Å²) < 4.78 is 0. The van der Waals surface area contributed by atoms with Crippen molar-refractivity contribution in [3.63, 3.8) is 0 Å². The first-order valence-electron chi connectivity index (χ1n) is 12.7. The van der Waals surface area contributed by atoms with E-state index in [4.69, 9.17) is 5.26 Å². The Morgan fingerprint density at radius 1 is 1.03 bits per heavy atom. The number of carboxylic acid groups (broad SMARTS) is 1. The highest BCUT2D eigenvalue weighted by Crippen LogP contribution is 2.48. The predicted molar refractivity (Wildman–Crippen MR) is 132 cm³/mol. The lowest BCUT2D eigenvalue weighted by atomic mass is 9.73. The van der Waals surface area contributed by atoms with Crippen LogP contribution in [0.3, 0.4) is 0 Å². The lowest BCUT2D eigenvalue weighted by Crippen LogP contribution is -2.48. The van der Waals surface area contributed by atoms with Crippen molar-refractivity contribution in [3.8, 4) is 6.07 Å². The number of benzene rings is 2. The highest BCUT2D eigenvalue weighted by Gasteiger charge is 2.52. The average molecular weight is 458 g/mol. The Kier molecular flexibility index (Phi) is 6.46. The van der Waals surface area contributed by atoms with Gasteiger partial charge in [-0.3, -0.25) is 4.79 Å². The van der Waals surface area contributed by atoms with Gasteiger partial charge in [-0.1, -0.05) is 54.6 Å². The third-order valence-corrected chi connectivity index (χ3v) is 8.39. The van der Waals surface area contributed by atoms with Gasteiger partial charge in [0.25, 0.3) is 0 Å². The van der Waals surface area contributed by atoms with E-state index in [1.54, 1.807) is 0 Å². The Balaban J connectivity index is 1.23. The number of piperidine rings is 1. The molecular formula is C29H35N3O2. The van der Waals surface area contributed by atoms with Crippen LogP contribution in [0.5, 0.6) is 0 Å². The first-order valence-corrected chi connectivity index (χ1v) is 12.7. The van der Waals surface area contributed by atoms with Crippen LogP contribution in [0.4, 0.5) is 0 Å². The van der Waals surface area contributed by atoms with E-state index in [9.17, 15) is 9.90 Å². The van der Waals surface area contributed by atoms with Crippen molar-refractivity contribution in [2.24, 2.45) is 10.8 Å². The van der Waals surface area contributed by atoms with Crippen LogP contribution >= 0.6 is 0 Å². The fraction of sp³-hybridized carbons (Fsp3) is 0.517. The highest BCUT2D eigenvalue weighted by atomic mass is 16.4. The molecule has 2 atom stereocenters. The molecule has 5 rings (SSSR count). The molecule has 1 aliphatic heterocycles.